The van der Waals surface area contributed by atoms with E-state index >= 15 is 0 Å². The Balaban J connectivity index is 1.54. The van der Waals surface area contributed by atoms with Gasteiger partial charge >= 0.3 is 0 Å². The highest BCUT2D eigenvalue weighted by atomic mass is 16.5. The van der Waals surface area contributed by atoms with Gasteiger partial charge in [0, 0.05) is 58.1 Å². The van der Waals surface area contributed by atoms with Gasteiger partial charge in [0.25, 0.3) is 0 Å². The van der Waals surface area contributed by atoms with Crippen molar-refractivity contribution in [1.29, 1.82) is 0 Å². The molecule has 8 rings (SSSR count). The standard InChI is InChI=1S/C48H52N2O8/c1-21-11-28-30(42-34-16-24(4)50-26(6)41(34)39(57-9)20-36(42)52)18-32(46(53)44(28)37(13-21)55-7)33-19-31(29-12-22(2)14-38(56-8)45(29)47(33)54)43-35(51)17-27-15-23(3)49-25(5)40(27)48(43)58-10/h11-14,17-20,23-26,49-54H,15-16H2,1-10H3/t23-,24-,25+,26+/m1/s1. The molecule has 6 aromatic carbocycles. The van der Waals surface area contributed by atoms with Crippen molar-refractivity contribution in [1.82, 2.24) is 10.6 Å². The molecule has 10 heteroatoms. The maximum Gasteiger partial charge on any atom is 0.135 e. The lowest BCUT2D eigenvalue weighted by atomic mass is 9.81. The van der Waals surface area contributed by atoms with E-state index in [1.54, 1.807) is 40.6 Å². The van der Waals surface area contributed by atoms with Crippen molar-refractivity contribution in [3.8, 4) is 79.4 Å². The summed E-state index contributed by atoms with van der Waals surface area (Å²) in [5.41, 5.74) is 8.42. The quantitative estimate of drug-likeness (QED) is 0.0927. The minimum atomic E-state index is -0.130. The van der Waals surface area contributed by atoms with Crippen LogP contribution in [0, 0.1) is 13.8 Å². The molecule has 0 saturated carbocycles. The molecule has 0 bridgehead atoms. The molecule has 0 radical (unpaired) electrons. The molecule has 2 heterocycles. The van der Waals surface area contributed by atoms with Crippen LogP contribution in [0.5, 0.6) is 46.0 Å². The van der Waals surface area contributed by atoms with E-state index < -0.39 is 0 Å². The Morgan fingerprint density at radius 2 is 1.00 bits per heavy atom. The molecule has 58 heavy (non-hydrogen) atoms. The first-order valence-electron chi connectivity index (χ1n) is 19.8. The van der Waals surface area contributed by atoms with Crippen molar-refractivity contribution in [2.45, 2.75) is 78.6 Å². The van der Waals surface area contributed by atoms with Gasteiger partial charge in [-0.3, -0.25) is 0 Å². The number of aryl methyl sites for hydroxylation is 2. The number of phenols is 4. The third-order valence-electron chi connectivity index (χ3n) is 12.1. The van der Waals surface area contributed by atoms with Crippen LogP contribution in [0.3, 0.4) is 0 Å². The van der Waals surface area contributed by atoms with E-state index in [0.29, 0.717) is 79.6 Å². The molecule has 0 aliphatic carbocycles. The zero-order chi connectivity index (χ0) is 41.5. The second-order valence-electron chi connectivity index (χ2n) is 16.1. The summed E-state index contributed by atoms with van der Waals surface area (Å²) in [6, 6.07) is 14.9. The number of aromatic hydroxyl groups is 4. The van der Waals surface area contributed by atoms with Crippen molar-refractivity contribution in [2.75, 3.05) is 28.4 Å². The minimum absolute atomic E-state index is 0.0247. The Labute approximate surface area is 339 Å². The van der Waals surface area contributed by atoms with Crippen LogP contribution in [0.2, 0.25) is 0 Å². The van der Waals surface area contributed by atoms with Crippen LogP contribution in [0.1, 0.15) is 73.2 Å². The van der Waals surface area contributed by atoms with Crippen LogP contribution in [0.25, 0.3) is 54.9 Å². The predicted octanol–water partition coefficient (Wildman–Crippen LogP) is 9.66. The van der Waals surface area contributed by atoms with Crippen LogP contribution in [0.15, 0.2) is 48.5 Å². The van der Waals surface area contributed by atoms with Gasteiger partial charge in [-0.05, 0) is 129 Å². The largest absolute Gasteiger partial charge is 0.507 e. The van der Waals surface area contributed by atoms with Crippen LogP contribution >= 0.6 is 0 Å². The molecular weight excluding hydrogens is 733 g/mol. The highest BCUT2D eigenvalue weighted by Crippen LogP contribution is 2.56. The van der Waals surface area contributed by atoms with Gasteiger partial charge in [-0.15, -0.1) is 0 Å². The molecule has 0 saturated heterocycles. The van der Waals surface area contributed by atoms with Crippen molar-refractivity contribution >= 4 is 21.5 Å². The van der Waals surface area contributed by atoms with E-state index in [2.05, 4.69) is 38.3 Å². The number of rotatable bonds is 7. The van der Waals surface area contributed by atoms with Crippen LogP contribution in [-0.4, -0.2) is 60.9 Å². The van der Waals surface area contributed by atoms with Gasteiger partial charge in [-0.2, -0.15) is 0 Å². The fourth-order valence-electron chi connectivity index (χ4n) is 9.89. The molecule has 0 spiro atoms. The number of benzene rings is 6. The van der Waals surface area contributed by atoms with Crippen molar-refractivity contribution < 1.29 is 39.4 Å². The molecule has 2 aliphatic rings. The van der Waals surface area contributed by atoms with Gasteiger partial charge in [0.1, 0.15) is 46.0 Å². The molecule has 0 unspecified atom stereocenters. The van der Waals surface area contributed by atoms with E-state index in [1.165, 1.54) is 0 Å². The van der Waals surface area contributed by atoms with Crippen LogP contribution < -0.4 is 29.6 Å². The molecule has 0 fully saturated rings. The van der Waals surface area contributed by atoms with Gasteiger partial charge < -0.3 is 50.0 Å². The van der Waals surface area contributed by atoms with Gasteiger partial charge in [0.05, 0.1) is 44.8 Å². The van der Waals surface area contributed by atoms with Gasteiger partial charge in [0.2, 0.25) is 0 Å². The lowest BCUT2D eigenvalue weighted by Gasteiger charge is -2.33. The van der Waals surface area contributed by atoms with Crippen LogP contribution in [0.4, 0.5) is 0 Å². The Bertz CT molecular complexity index is 2670. The summed E-state index contributed by atoms with van der Waals surface area (Å²) in [5, 5.41) is 58.4. The van der Waals surface area contributed by atoms with E-state index in [-0.39, 0.29) is 58.3 Å². The lowest BCUT2D eigenvalue weighted by Crippen LogP contribution is -2.36. The second-order valence-corrected chi connectivity index (χ2v) is 16.1. The maximum absolute atomic E-state index is 12.6. The van der Waals surface area contributed by atoms with Gasteiger partial charge in [0.15, 0.2) is 0 Å². The fourth-order valence-corrected chi connectivity index (χ4v) is 9.89. The summed E-state index contributed by atoms with van der Waals surface area (Å²) in [6.45, 7) is 12.3. The van der Waals surface area contributed by atoms with E-state index in [1.807, 2.05) is 50.2 Å². The first-order chi connectivity index (χ1) is 27.7. The Kier molecular flexibility index (Phi) is 9.76. The summed E-state index contributed by atoms with van der Waals surface area (Å²) in [6.07, 6.45) is 1.31. The summed E-state index contributed by atoms with van der Waals surface area (Å²) < 4.78 is 23.9. The molecule has 0 aromatic heterocycles. The molecule has 302 valence electrons. The number of methoxy groups -OCH3 is 4. The molecule has 6 aromatic rings. The third-order valence-corrected chi connectivity index (χ3v) is 12.1. The number of ether oxygens (including phenoxy) is 4. The van der Waals surface area contributed by atoms with Gasteiger partial charge in [-0.1, -0.05) is 12.1 Å². The number of nitrogens with one attached hydrogen (secondary N) is 2. The van der Waals surface area contributed by atoms with Gasteiger partial charge in [-0.25, -0.2) is 0 Å². The van der Waals surface area contributed by atoms with Crippen molar-refractivity contribution in [3.05, 3.63) is 81.9 Å². The third kappa shape index (κ3) is 6.00. The molecule has 10 nitrogen and oxygen atoms in total. The number of fused-ring (bicyclic) bond motifs is 4. The highest BCUT2D eigenvalue weighted by molar-refractivity contribution is 6.14. The molecule has 4 atom stereocenters. The molecular formula is C48H52N2O8. The van der Waals surface area contributed by atoms with Crippen molar-refractivity contribution in [2.24, 2.45) is 0 Å². The number of hydrogen-bond donors (Lipinski definition) is 6. The summed E-state index contributed by atoms with van der Waals surface area (Å²) in [5.74, 6) is 1.75. The number of hydrogen-bond acceptors (Lipinski definition) is 10. The van der Waals surface area contributed by atoms with E-state index in [0.717, 1.165) is 33.4 Å². The first-order valence-corrected chi connectivity index (χ1v) is 19.8. The van der Waals surface area contributed by atoms with Crippen LogP contribution in [-0.2, 0) is 12.8 Å². The average molecular weight is 785 g/mol. The summed E-state index contributed by atoms with van der Waals surface area (Å²) in [7, 11) is 6.32. The normalized spacial score (nSPS) is 18.9. The zero-order valence-corrected chi connectivity index (χ0v) is 34.8. The molecule has 0 amide bonds. The van der Waals surface area contributed by atoms with E-state index in [4.69, 9.17) is 18.9 Å². The maximum atomic E-state index is 12.6. The predicted molar refractivity (Wildman–Crippen MR) is 230 cm³/mol. The monoisotopic (exact) mass is 784 g/mol. The topological polar surface area (TPSA) is 142 Å². The smallest absolute Gasteiger partial charge is 0.135 e. The summed E-state index contributed by atoms with van der Waals surface area (Å²) in [4.78, 5) is 0. The SMILES string of the molecule is COc1cc(O)c(-c2cc(-c3cc(-c4c(O)cc5c(c4OC)[C@H](C)N[C@H](C)C5)c4cc(C)cc(OC)c4c3O)c(O)c3c(OC)cc(C)cc23)c2c1[C@H](C)N[C@H](C)C2. The fraction of sp³-hybridized carbons (Fsp3) is 0.333. The summed E-state index contributed by atoms with van der Waals surface area (Å²) >= 11 is 0. The molecule has 6 N–H and O–H groups in total. The zero-order valence-electron chi connectivity index (χ0n) is 34.8. The van der Waals surface area contributed by atoms with E-state index in [9.17, 15) is 20.4 Å². The average Bonchev–Trinajstić information content (AvgIpc) is 3.17. The Morgan fingerprint density at radius 3 is 1.52 bits per heavy atom. The second kappa shape index (κ2) is 14.5. The first kappa shape index (κ1) is 39.0. The Morgan fingerprint density at radius 1 is 0.517 bits per heavy atom. The minimum Gasteiger partial charge on any atom is -0.507 e. The van der Waals surface area contributed by atoms with Crippen molar-refractivity contribution in [3.63, 3.8) is 0 Å². The Hall–Kier alpha value is -5.84. The number of phenolic OH excluding ortho intramolecular Hbond substituents is 4. The highest BCUT2D eigenvalue weighted by Gasteiger charge is 2.34. The lowest BCUT2D eigenvalue weighted by molar-refractivity contribution is 0.376. The molecule has 2 aliphatic heterocycles.